The van der Waals surface area contributed by atoms with Gasteiger partial charge in [0.15, 0.2) is 0 Å². The van der Waals surface area contributed by atoms with Crippen LogP contribution in [0.25, 0.3) is 0 Å². The minimum absolute atomic E-state index is 0.0900. The van der Waals surface area contributed by atoms with E-state index in [0.717, 1.165) is 24.2 Å². The van der Waals surface area contributed by atoms with Crippen molar-refractivity contribution in [3.8, 4) is 0 Å². The summed E-state index contributed by atoms with van der Waals surface area (Å²) in [5.41, 5.74) is 3.56. The Balaban J connectivity index is 3.18. The summed E-state index contributed by atoms with van der Waals surface area (Å²) in [6, 6.07) is 0. The molecule has 2 atom stereocenters. The smallest absolute Gasteiger partial charge is 0.127 e. The van der Waals surface area contributed by atoms with Gasteiger partial charge in [0.1, 0.15) is 11.9 Å². The van der Waals surface area contributed by atoms with Crippen molar-refractivity contribution >= 4 is 0 Å². The summed E-state index contributed by atoms with van der Waals surface area (Å²) in [7, 11) is 0. The molecule has 0 saturated carbocycles. The zero-order valence-corrected chi connectivity index (χ0v) is 15.6. The number of rotatable bonds is 9. The van der Waals surface area contributed by atoms with Crippen LogP contribution in [0.15, 0.2) is 110 Å². The molecule has 25 heavy (non-hydrogen) atoms. The quantitative estimate of drug-likeness (QED) is 0.422. The second kappa shape index (κ2) is 11.1. The van der Waals surface area contributed by atoms with Gasteiger partial charge in [-0.15, -0.1) is 0 Å². The van der Waals surface area contributed by atoms with Crippen LogP contribution in [0.1, 0.15) is 26.7 Å². The lowest BCUT2D eigenvalue weighted by Crippen LogP contribution is -2.18. The molecule has 1 rings (SSSR count). The predicted molar refractivity (Wildman–Crippen MR) is 111 cm³/mol. The Kier molecular flexibility index (Phi) is 9.10. The minimum atomic E-state index is 0.0900. The maximum atomic E-state index is 6.06. The van der Waals surface area contributed by atoms with E-state index in [1.165, 1.54) is 11.1 Å². The molecule has 1 heteroatoms. The third-order valence-corrected chi connectivity index (χ3v) is 4.10. The van der Waals surface area contributed by atoms with E-state index in [-0.39, 0.29) is 6.10 Å². The molecule has 0 bridgehead atoms. The lowest BCUT2D eigenvalue weighted by Gasteiger charge is -2.28. The number of ether oxygens (including phenoxy) is 1. The highest BCUT2D eigenvalue weighted by molar-refractivity contribution is 5.50. The predicted octanol–water partition coefficient (Wildman–Crippen LogP) is 6.78. The van der Waals surface area contributed by atoms with Crippen molar-refractivity contribution in [2.24, 2.45) is 5.92 Å². The first-order valence-electron chi connectivity index (χ1n) is 8.76. The average Bonchev–Trinajstić information content (AvgIpc) is 2.61. The maximum Gasteiger partial charge on any atom is 0.127 e. The van der Waals surface area contributed by atoms with E-state index in [9.17, 15) is 0 Å². The lowest BCUT2D eigenvalue weighted by atomic mass is 9.86. The normalized spacial score (nSPS) is 22.4. The molecule has 0 fully saturated rings. The molecule has 1 aliphatic heterocycles. The molecule has 0 spiro atoms. The van der Waals surface area contributed by atoms with Crippen molar-refractivity contribution in [2.75, 3.05) is 0 Å². The van der Waals surface area contributed by atoms with Crippen LogP contribution < -0.4 is 0 Å². The zero-order valence-electron chi connectivity index (χ0n) is 15.6. The Morgan fingerprint density at radius 3 is 2.40 bits per heavy atom. The summed E-state index contributed by atoms with van der Waals surface area (Å²) in [6.45, 7) is 19.7. The molecule has 0 aromatic carbocycles. The Labute approximate surface area is 153 Å². The first-order valence-corrected chi connectivity index (χ1v) is 8.76. The van der Waals surface area contributed by atoms with Crippen molar-refractivity contribution in [3.63, 3.8) is 0 Å². The molecule has 0 aromatic heterocycles. The van der Waals surface area contributed by atoms with E-state index < -0.39 is 0 Å². The van der Waals surface area contributed by atoms with Crippen LogP contribution in [0.3, 0.4) is 0 Å². The highest BCUT2D eigenvalue weighted by Gasteiger charge is 2.23. The second-order valence-electron chi connectivity index (χ2n) is 5.94. The highest BCUT2D eigenvalue weighted by Crippen LogP contribution is 2.35. The first-order chi connectivity index (χ1) is 12.1. The van der Waals surface area contributed by atoms with Gasteiger partial charge in [0.25, 0.3) is 0 Å². The molecule has 0 radical (unpaired) electrons. The Morgan fingerprint density at radius 2 is 1.84 bits per heavy atom. The zero-order chi connectivity index (χ0) is 18.7. The fraction of sp³-hybridized carbons (Fsp3) is 0.250. The SMILES string of the molecule is C=C/C=C\C=C(/C=C)C(C)CC1=CC(CC)OC(=C/C=C)/C1=C\C=C. The number of hydrogen-bond donors (Lipinski definition) is 0. The van der Waals surface area contributed by atoms with Gasteiger partial charge in [-0.2, -0.15) is 0 Å². The van der Waals surface area contributed by atoms with Crippen molar-refractivity contribution in [1.82, 2.24) is 0 Å². The fourth-order valence-corrected chi connectivity index (χ4v) is 2.78. The van der Waals surface area contributed by atoms with E-state index in [4.69, 9.17) is 4.74 Å². The van der Waals surface area contributed by atoms with E-state index in [0.29, 0.717) is 5.92 Å². The number of allylic oxidation sites excluding steroid dienone is 11. The molecule has 0 amide bonds. The molecule has 132 valence electrons. The van der Waals surface area contributed by atoms with E-state index in [1.54, 1.807) is 18.2 Å². The third kappa shape index (κ3) is 6.11. The van der Waals surface area contributed by atoms with Crippen LogP contribution in [-0.4, -0.2) is 6.10 Å². The molecule has 0 aromatic rings. The van der Waals surface area contributed by atoms with Gasteiger partial charge in [-0.05, 0) is 42.1 Å². The molecule has 2 unspecified atom stereocenters. The van der Waals surface area contributed by atoms with E-state index in [1.807, 2.05) is 30.4 Å². The molecule has 0 N–H and O–H groups in total. The molecular weight excluding hydrogens is 304 g/mol. The fourth-order valence-electron chi connectivity index (χ4n) is 2.78. The van der Waals surface area contributed by atoms with Gasteiger partial charge < -0.3 is 4.74 Å². The molecule has 0 aliphatic carbocycles. The topological polar surface area (TPSA) is 9.23 Å². The van der Waals surface area contributed by atoms with Crippen molar-refractivity contribution in [1.29, 1.82) is 0 Å². The van der Waals surface area contributed by atoms with Crippen molar-refractivity contribution in [3.05, 3.63) is 110 Å². The largest absolute Gasteiger partial charge is 0.486 e. The van der Waals surface area contributed by atoms with Gasteiger partial charge in [-0.1, -0.05) is 88.8 Å². The summed E-state index contributed by atoms with van der Waals surface area (Å²) >= 11 is 0. The molecule has 1 nitrogen and oxygen atoms in total. The van der Waals surface area contributed by atoms with Gasteiger partial charge in [0, 0.05) is 5.57 Å². The minimum Gasteiger partial charge on any atom is -0.486 e. The van der Waals surface area contributed by atoms with Crippen LogP contribution >= 0.6 is 0 Å². The monoisotopic (exact) mass is 334 g/mol. The van der Waals surface area contributed by atoms with Gasteiger partial charge in [-0.3, -0.25) is 0 Å². The molecule has 1 aliphatic rings. The maximum absolute atomic E-state index is 6.06. The summed E-state index contributed by atoms with van der Waals surface area (Å²) < 4.78 is 6.06. The van der Waals surface area contributed by atoms with Gasteiger partial charge in [0.2, 0.25) is 0 Å². The van der Waals surface area contributed by atoms with Crippen LogP contribution in [0.4, 0.5) is 0 Å². The Morgan fingerprint density at radius 1 is 1.12 bits per heavy atom. The summed E-state index contributed by atoms with van der Waals surface area (Å²) in [6.07, 6.45) is 21.4. The van der Waals surface area contributed by atoms with Crippen LogP contribution in [0.2, 0.25) is 0 Å². The summed E-state index contributed by atoms with van der Waals surface area (Å²) in [5, 5.41) is 0. The Hall–Kier alpha value is -2.54. The third-order valence-electron chi connectivity index (χ3n) is 4.10. The second-order valence-corrected chi connectivity index (χ2v) is 5.94. The molecule has 1 heterocycles. The first kappa shape index (κ1) is 20.5. The van der Waals surface area contributed by atoms with E-state index in [2.05, 4.69) is 52.3 Å². The van der Waals surface area contributed by atoms with Crippen LogP contribution in [0.5, 0.6) is 0 Å². The van der Waals surface area contributed by atoms with E-state index >= 15 is 0 Å². The Bertz CT molecular complexity index is 650. The van der Waals surface area contributed by atoms with Gasteiger partial charge in [0.05, 0.1) is 0 Å². The van der Waals surface area contributed by atoms with Crippen molar-refractivity contribution in [2.45, 2.75) is 32.8 Å². The highest BCUT2D eigenvalue weighted by atomic mass is 16.5. The van der Waals surface area contributed by atoms with Gasteiger partial charge in [-0.25, -0.2) is 0 Å². The number of hydrogen-bond acceptors (Lipinski definition) is 1. The summed E-state index contributed by atoms with van der Waals surface area (Å²) in [5.74, 6) is 1.20. The van der Waals surface area contributed by atoms with Crippen LogP contribution in [-0.2, 0) is 4.74 Å². The van der Waals surface area contributed by atoms with Crippen LogP contribution in [0, 0.1) is 5.92 Å². The molecular formula is C24H30O. The average molecular weight is 335 g/mol. The summed E-state index contributed by atoms with van der Waals surface area (Å²) in [4.78, 5) is 0. The lowest BCUT2D eigenvalue weighted by molar-refractivity contribution is 0.150. The standard InChI is InChI=1S/C24H30O/c1-7-12-13-16-20(10-4)19(6)17-21-18-22(11-5)25-24(15-9-3)23(21)14-8-2/h7-10,12-16,18-19,22H,1-4,11,17H2,5-6H3/b13-12-,20-16+,23-14-,24-15+. The molecule has 0 saturated heterocycles. The van der Waals surface area contributed by atoms with Crippen molar-refractivity contribution < 1.29 is 4.74 Å². The van der Waals surface area contributed by atoms with Gasteiger partial charge >= 0.3 is 0 Å².